The van der Waals surface area contributed by atoms with E-state index in [-0.39, 0.29) is 6.73 Å². The van der Waals surface area contributed by atoms with Gasteiger partial charge in [0.05, 0.1) is 20.3 Å². The van der Waals surface area contributed by atoms with E-state index in [1.54, 1.807) is 0 Å². The summed E-state index contributed by atoms with van der Waals surface area (Å²) in [6.45, 7) is 3.00. The molecule has 1 aliphatic heterocycles. The number of carbonyl (C=O) groups excluding carboxylic acids is 2. The van der Waals surface area contributed by atoms with Gasteiger partial charge >= 0.3 is 11.9 Å². The van der Waals surface area contributed by atoms with E-state index in [1.165, 1.54) is 7.11 Å². The minimum atomic E-state index is -0.580. The van der Waals surface area contributed by atoms with Crippen LogP contribution in [0.5, 0.6) is 0 Å². The lowest BCUT2D eigenvalue weighted by Gasteiger charge is -2.25. The molecule has 0 aromatic heterocycles. The number of nitrogens with zero attached hydrogens (tertiary/aromatic N) is 1. The molecule has 1 saturated heterocycles. The van der Waals surface area contributed by atoms with Crippen molar-refractivity contribution in [1.82, 2.24) is 4.90 Å². The maximum Gasteiger partial charge on any atom is 0.332 e. The Morgan fingerprint density at radius 1 is 1.25 bits per heavy atom. The average molecular weight is 229 g/mol. The molecule has 1 rings (SSSR count). The van der Waals surface area contributed by atoms with Gasteiger partial charge in [-0.15, -0.1) is 0 Å². The molecule has 6 nitrogen and oxygen atoms in total. The van der Waals surface area contributed by atoms with E-state index in [1.807, 2.05) is 4.90 Å². The van der Waals surface area contributed by atoms with Gasteiger partial charge in [0.15, 0.2) is 0 Å². The van der Waals surface area contributed by atoms with Crippen LogP contribution in [0.4, 0.5) is 0 Å². The number of hydrogen-bond acceptors (Lipinski definition) is 6. The van der Waals surface area contributed by atoms with Gasteiger partial charge in [0.2, 0.25) is 0 Å². The van der Waals surface area contributed by atoms with Crippen LogP contribution in [0.1, 0.15) is 0 Å². The molecule has 1 aliphatic rings. The second-order valence-electron chi connectivity index (χ2n) is 3.18. The Balaban J connectivity index is 2.18. The molecular formula is C10H15NO5. The van der Waals surface area contributed by atoms with Crippen LogP contribution in [-0.4, -0.2) is 57.0 Å². The van der Waals surface area contributed by atoms with Crippen LogP contribution in [0.2, 0.25) is 0 Å². The third-order valence-electron chi connectivity index (χ3n) is 2.05. The predicted octanol–water partition coefficient (Wildman–Crippen LogP) is -0.451. The smallest absolute Gasteiger partial charge is 0.332 e. The first-order valence-electron chi connectivity index (χ1n) is 4.95. The van der Waals surface area contributed by atoms with Crippen molar-refractivity contribution in [2.75, 3.05) is 40.1 Å². The van der Waals surface area contributed by atoms with Gasteiger partial charge in [-0.25, -0.2) is 9.59 Å². The van der Waals surface area contributed by atoms with Crippen molar-refractivity contribution in [1.29, 1.82) is 0 Å². The van der Waals surface area contributed by atoms with Gasteiger partial charge in [-0.05, 0) is 0 Å². The second kappa shape index (κ2) is 6.97. The zero-order chi connectivity index (χ0) is 11.8. The largest absolute Gasteiger partial charge is 0.466 e. The van der Waals surface area contributed by atoms with Crippen LogP contribution in [0.25, 0.3) is 0 Å². The van der Waals surface area contributed by atoms with Gasteiger partial charge in [-0.3, -0.25) is 4.90 Å². The monoisotopic (exact) mass is 229 g/mol. The van der Waals surface area contributed by atoms with Crippen molar-refractivity contribution < 1.29 is 23.8 Å². The topological polar surface area (TPSA) is 65.1 Å². The van der Waals surface area contributed by atoms with E-state index in [0.717, 1.165) is 25.2 Å². The highest BCUT2D eigenvalue weighted by molar-refractivity contribution is 5.91. The molecule has 0 saturated carbocycles. The van der Waals surface area contributed by atoms with Gasteiger partial charge in [-0.1, -0.05) is 0 Å². The van der Waals surface area contributed by atoms with Crippen LogP contribution in [-0.2, 0) is 23.8 Å². The SMILES string of the molecule is COC(=O)/C=C/C(=O)OCN1CCOCC1. The highest BCUT2D eigenvalue weighted by atomic mass is 16.5. The molecule has 6 heteroatoms. The molecule has 90 valence electrons. The standard InChI is InChI=1S/C10H15NO5/c1-14-9(12)2-3-10(13)16-8-11-4-6-15-7-5-11/h2-3H,4-8H2,1H3/b3-2+. The Morgan fingerprint density at radius 2 is 1.88 bits per heavy atom. The summed E-state index contributed by atoms with van der Waals surface area (Å²) in [5.74, 6) is -1.14. The van der Waals surface area contributed by atoms with Gasteiger partial charge in [0.25, 0.3) is 0 Å². The minimum Gasteiger partial charge on any atom is -0.466 e. The van der Waals surface area contributed by atoms with Gasteiger partial charge in [-0.2, -0.15) is 0 Å². The van der Waals surface area contributed by atoms with Crippen molar-refractivity contribution in [2.24, 2.45) is 0 Å². The van der Waals surface area contributed by atoms with Crippen LogP contribution < -0.4 is 0 Å². The van der Waals surface area contributed by atoms with E-state index in [9.17, 15) is 9.59 Å². The predicted molar refractivity (Wildman–Crippen MR) is 54.5 cm³/mol. The lowest BCUT2D eigenvalue weighted by molar-refractivity contribution is -0.145. The Morgan fingerprint density at radius 3 is 2.50 bits per heavy atom. The normalized spacial score (nSPS) is 17.3. The molecule has 0 radical (unpaired) electrons. The van der Waals surface area contributed by atoms with Crippen molar-refractivity contribution in [2.45, 2.75) is 0 Å². The lowest BCUT2D eigenvalue weighted by Crippen LogP contribution is -2.38. The Bertz CT molecular complexity index is 270. The molecule has 16 heavy (non-hydrogen) atoms. The fraction of sp³-hybridized carbons (Fsp3) is 0.600. The highest BCUT2D eigenvalue weighted by Crippen LogP contribution is 1.97. The fourth-order valence-corrected chi connectivity index (χ4v) is 1.14. The van der Waals surface area contributed by atoms with E-state index < -0.39 is 11.9 Å². The maximum atomic E-state index is 11.1. The molecule has 0 bridgehead atoms. The third-order valence-corrected chi connectivity index (χ3v) is 2.05. The van der Waals surface area contributed by atoms with E-state index in [0.29, 0.717) is 13.2 Å². The first kappa shape index (κ1) is 12.7. The van der Waals surface area contributed by atoms with Gasteiger partial charge in [0.1, 0.15) is 6.73 Å². The lowest BCUT2D eigenvalue weighted by atomic mass is 10.4. The number of rotatable bonds is 4. The molecule has 0 atom stereocenters. The summed E-state index contributed by atoms with van der Waals surface area (Å²) >= 11 is 0. The molecule has 0 N–H and O–H groups in total. The van der Waals surface area contributed by atoms with Crippen LogP contribution in [0, 0.1) is 0 Å². The number of morpholine rings is 1. The number of ether oxygens (including phenoxy) is 3. The van der Waals surface area contributed by atoms with Crippen LogP contribution >= 0.6 is 0 Å². The Kier molecular flexibility index (Phi) is 5.52. The zero-order valence-electron chi connectivity index (χ0n) is 9.18. The summed E-state index contributed by atoms with van der Waals surface area (Å²) in [6.07, 6.45) is 2.08. The van der Waals surface area contributed by atoms with E-state index >= 15 is 0 Å². The average Bonchev–Trinajstić information content (AvgIpc) is 2.34. The number of carbonyl (C=O) groups is 2. The second-order valence-corrected chi connectivity index (χ2v) is 3.18. The summed E-state index contributed by atoms with van der Waals surface area (Å²) in [5, 5.41) is 0. The number of hydrogen-bond donors (Lipinski definition) is 0. The van der Waals surface area contributed by atoms with Crippen LogP contribution in [0.3, 0.4) is 0 Å². The first-order chi connectivity index (χ1) is 7.72. The van der Waals surface area contributed by atoms with Crippen LogP contribution in [0.15, 0.2) is 12.2 Å². The minimum absolute atomic E-state index is 0.216. The summed E-state index contributed by atoms with van der Waals surface area (Å²) < 4.78 is 14.4. The molecular weight excluding hydrogens is 214 g/mol. The molecule has 1 fully saturated rings. The molecule has 0 amide bonds. The van der Waals surface area contributed by atoms with E-state index in [4.69, 9.17) is 9.47 Å². The number of methoxy groups -OCH3 is 1. The van der Waals surface area contributed by atoms with Crippen molar-refractivity contribution in [3.05, 3.63) is 12.2 Å². The summed E-state index contributed by atoms with van der Waals surface area (Å²) in [6, 6.07) is 0. The zero-order valence-corrected chi connectivity index (χ0v) is 9.18. The summed E-state index contributed by atoms with van der Waals surface area (Å²) in [4.78, 5) is 23.8. The molecule has 0 aromatic carbocycles. The van der Waals surface area contributed by atoms with Crippen molar-refractivity contribution in [3.8, 4) is 0 Å². The quantitative estimate of drug-likeness (QED) is 0.480. The molecule has 0 unspecified atom stereocenters. The molecule has 0 aromatic rings. The Hall–Kier alpha value is -1.40. The number of esters is 2. The van der Waals surface area contributed by atoms with Gasteiger partial charge in [0, 0.05) is 25.2 Å². The molecule has 0 aliphatic carbocycles. The maximum absolute atomic E-state index is 11.1. The third kappa shape index (κ3) is 4.90. The highest BCUT2D eigenvalue weighted by Gasteiger charge is 2.11. The van der Waals surface area contributed by atoms with E-state index in [2.05, 4.69) is 4.74 Å². The van der Waals surface area contributed by atoms with Gasteiger partial charge < -0.3 is 14.2 Å². The molecule has 1 heterocycles. The summed E-state index contributed by atoms with van der Waals surface area (Å²) in [7, 11) is 1.24. The van der Waals surface area contributed by atoms with Crippen molar-refractivity contribution >= 4 is 11.9 Å². The van der Waals surface area contributed by atoms with Crippen molar-refractivity contribution in [3.63, 3.8) is 0 Å². The Labute approximate surface area is 93.8 Å². The fourth-order valence-electron chi connectivity index (χ4n) is 1.14. The summed E-state index contributed by atoms with van der Waals surface area (Å²) in [5.41, 5.74) is 0. The first-order valence-corrected chi connectivity index (χ1v) is 4.95. The molecule has 0 spiro atoms.